The van der Waals surface area contributed by atoms with Crippen LogP contribution in [0.3, 0.4) is 0 Å². The van der Waals surface area contributed by atoms with Gasteiger partial charge in [-0.25, -0.2) is 9.97 Å². The van der Waals surface area contributed by atoms with E-state index in [-0.39, 0.29) is 0 Å². The van der Waals surface area contributed by atoms with Gasteiger partial charge in [-0.3, -0.25) is 0 Å². The second-order valence-electron chi connectivity index (χ2n) is 5.71. The Morgan fingerprint density at radius 2 is 2.40 bits per heavy atom. The van der Waals surface area contributed by atoms with Crippen LogP contribution in [0.5, 0.6) is 0 Å². The molecule has 0 aromatic carbocycles. The third-order valence-electron chi connectivity index (χ3n) is 3.74. The molecule has 5 nitrogen and oxygen atoms in total. The number of hydrogen-bond donors (Lipinski definition) is 2. The molecule has 0 spiro atoms. The number of rotatable bonds is 7. The summed E-state index contributed by atoms with van der Waals surface area (Å²) < 4.78 is 5.80. The molecule has 1 fully saturated rings. The van der Waals surface area contributed by atoms with E-state index >= 15 is 0 Å². The van der Waals surface area contributed by atoms with Crippen LogP contribution in [0, 0.1) is 5.92 Å². The highest BCUT2D eigenvalue weighted by atomic mass is 16.5. The summed E-state index contributed by atoms with van der Waals surface area (Å²) in [6, 6.07) is 1.86. The second kappa shape index (κ2) is 8.29. The molecule has 0 amide bonds. The molecule has 0 saturated heterocycles. The van der Waals surface area contributed by atoms with Crippen molar-refractivity contribution in [2.75, 3.05) is 13.2 Å². The molecule has 1 aliphatic rings. The average Bonchev–Trinajstić information content (AvgIpc) is 2.46. The second-order valence-corrected chi connectivity index (χ2v) is 5.71. The van der Waals surface area contributed by atoms with Crippen molar-refractivity contribution in [3.63, 3.8) is 0 Å². The molecule has 1 aromatic rings. The van der Waals surface area contributed by atoms with Crippen LogP contribution in [0.2, 0.25) is 0 Å². The topological polar surface area (TPSA) is 67.3 Å². The molecule has 0 radical (unpaired) electrons. The van der Waals surface area contributed by atoms with Crippen molar-refractivity contribution in [2.45, 2.75) is 51.4 Å². The van der Waals surface area contributed by atoms with E-state index in [1.54, 1.807) is 6.20 Å². The predicted molar refractivity (Wildman–Crippen MR) is 77.1 cm³/mol. The first-order chi connectivity index (χ1) is 9.74. The van der Waals surface area contributed by atoms with Crippen LogP contribution in [0.4, 0.5) is 0 Å². The first-order valence-electron chi connectivity index (χ1n) is 7.49. The number of aromatic nitrogens is 2. The summed E-state index contributed by atoms with van der Waals surface area (Å²) in [7, 11) is 0. The van der Waals surface area contributed by atoms with Crippen LogP contribution in [-0.4, -0.2) is 40.4 Å². The van der Waals surface area contributed by atoms with Gasteiger partial charge in [-0.15, -0.1) is 0 Å². The number of ether oxygens (including phenoxy) is 1. The highest BCUT2D eigenvalue weighted by Crippen LogP contribution is 2.25. The lowest BCUT2D eigenvalue weighted by Gasteiger charge is -2.27. The Balaban J connectivity index is 1.57. The summed E-state index contributed by atoms with van der Waals surface area (Å²) in [5.41, 5.74) is 0.925. The number of aliphatic hydroxyl groups is 1. The van der Waals surface area contributed by atoms with Gasteiger partial charge in [-0.2, -0.15) is 0 Å². The minimum Gasteiger partial charge on any atom is -0.389 e. The van der Waals surface area contributed by atoms with Gasteiger partial charge >= 0.3 is 0 Å². The van der Waals surface area contributed by atoms with Crippen molar-refractivity contribution in [1.29, 1.82) is 0 Å². The van der Waals surface area contributed by atoms with Crippen LogP contribution in [0.25, 0.3) is 0 Å². The molecule has 0 aliphatic heterocycles. The summed E-state index contributed by atoms with van der Waals surface area (Å²) >= 11 is 0. The lowest BCUT2D eigenvalue weighted by atomic mass is 9.89. The molecule has 3 atom stereocenters. The lowest BCUT2D eigenvalue weighted by Crippen LogP contribution is -2.33. The Hall–Kier alpha value is -1.04. The minimum absolute atomic E-state index is 0.329. The van der Waals surface area contributed by atoms with Crippen molar-refractivity contribution in [3.05, 3.63) is 24.3 Å². The van der Waals surface area contributed by atoms with Crippen LogP contribution in [0.15, 0.2) is 18.6 Å². The molecule has 2 rings (SSSR count). The quantitative estimate of drug-likeness (QED) is 0.792. The Kier molecular flexibility index (Phi) is 6.36. The van der Waals surface area contributed by atoms with E-state index in [0.717, 1.165) is 24.5 Å². The van der Waals surface area contributed by atoms with Crippen molar-refractivity contribution < 1.29 is 9.84 Å². The number of nitrogens with one attached hydrogen (secondary N) is 1. The molecule has 5 heteroatoms. The van der Waals surface area contributed by atoms with Crippen molar-refractivity contribution in [3.8, 4) is 0 Å². The first kappa shape index (κ1) is 15.4. The van der Waals surface area contributed by atoms with Crippen molar-refractivity contribution in [2.24, 2.45) is 5.92 Å². The van der Waals surface area contributed by atoms with Gasteiger partial charge in [0.2, 0.25) is 0 Å². The summed E-state index contributed by atoms with van der Waals surface area (Å²) in [5, 5.41) is 13.1. The third-order valence-corrected chi connectivity index (χ3v) is 3.74. The molecule has 2 N–H and O–H groups in total. The first-order valence-corrected chi connectivity index (χ1v) is 7.49. The molecule has 0 bridgehead atoms. The molecule has 1 aliphatic carbocycles. The molecule has 1 heterocycles. The van der Waals surface area contributed by atoms with E-state index in [1.165, 1.54) is 19.2 Å². The van der Waals surface area contributed by atoms with Gasteiger partial charge in [0.25, 0.3) is 0 Å². The monoisotopic (exact) mass is 279 g/mol. The fourth-order valence-corrected chi connectivity index (χ4v) is 2.63. The van der Waals surface area contributed by atoms with Gasteiger partial charge in [0.1, 0.15) is 6.33 Å². The lowest BCUT2D eigenvalue weighted by molar-refractivity contribution is -0.0306. The van der Waals surface area contributed by atoms with Gasteiger partial charge in [0, 0.05) is 19.3 Å². The van der Waals surface area contributed by atoms with Crippen LogP contribution in [-0.2, 0) is 11.3 Å². The maximum atomic E-state index is 9.90. The standard InChI is InChI=1S/C15H25N3O2/c1-12-3-2-4-15(7-12)20-10-14(19)9-17-8-13-5-6-16-11-18-13/h5-6,11-12,14-15,17,19H,2-4,7-10H2,1H3. The fraction of sp³-hybridized carbons (Fsp3) is 0.733. The SMILES string of the molecule is CC1CCCC(OCC(O)CNCc2ccncn2)C1. The summed E-state index contributed by atoms with van der Waals surface area (Å²) in [4.78, 5) is 7.98. The Morgan fingerprint density at radius 1 is 1.50 bits per heavy atom. The Bertz CT molecular complexity index is 375. The van der Waals surface area contributed by atoms with Gasteiger partial charge in [-0.1, -0.05) is 19.8 Å². The largest absolute Gasteiger partial charge is 0.389 e. The van der Waals surface area contributed by atoms with E-state index < -0.39 is 6.10 Å². The van der Waals surface area contributed by atoms with E-state index in [2.05, 4.69) is 22.2 Å². The van der Waals surface area contributed by atoms with Gasteiger partial charge in [-0.05, 0) is 24.8 Å². The molecule has 3 unspecified atom stereocenters. The van der Waals surface area contributed by atoms with Crippen molar-refractivity contribution >= 4 is 0 Å². The summed E-state index contributed by atoms with van der Waals surface area (Å²) in [6.07, 6.45) is 7.92. The van der Waals surface area contributed by atoms with Gasteiger partial charge in [0.15, 0.2) is 0 Å². The highest BCUT2D eigenvalue weighted by Gasteiger charge is 2.20. The maximum absolute atomic E-state index is 9.90. The van der Waals surface area contributed by atoms with Gasteiger partial charge < -0.3 is 15.2 Å². The van der Waals surface area contributed by atoms with Gasteiger partial charge in [0.05, 0.1) is 24.5 Å². The zero-order valence-corrected chi connectivity index (χ0v) is 12.2. The minimum atomic E-state index is -0.464. The normalized spacial score (nSPS) is 24.5. The molecular formula is C15H25N3O2. The third kappa shape index (κ3) is 5.53. The Morgan fingerprint density at radius 3 is 3.15 bits per heavy atom. The molecular weight excluding hydrogens is 254 g/mol. The number of aliphatic hydroxyl groups excluding tert-OH is 1. The summed E-state index contributed by atoms with van der Waals surface area (Å²) in [5.74, 6) is 0.752. The molecule has 20 heavy (non-hydrogen) atoms. The molecule has 1 aromatic heterocycles. The molecule has 1 saturated carbocycles. The maximum Gasteiger partial charge on any atom is 0.115 e. The van der Waals surface area contributed by atoms with Crippen LogP contribution >= 0.6 is 0 Å². The summed E-state index contributed by atoms with van der Waals surface area (Å²) in [6.45, 7) is 3.84. The van der Waals surface area contributed by atoms with E-state index in [9.17, 15) is 5.11 Å². The highest BCUT2D eigenvalue weighted by molar-refractivity contribution is 4.96. The Labute approximate surface area is 120 Å². The van der Waals surface area contributed by atoms with E-state index in [0.29, 0.717) is 25.8 Å². The number of nitrogens with zero attached hydrogens (tertiary/aromatic N) is 2. The van der Waals surface area contributed by atoms with Crippen molar-refractivity contribution in [1.82, 2.24) is 15.3 Å². The predicted octanol–water partition coefficient (Wildman–Crippen LogP) is 1.52. The zero-order chi connectivity index (χ0) is 14.2. The molecule has 112 valence electrons. The fourth-order valence-electron chi connectivity index (χ4n) is 2.63. The van der Waals surface area contributed by atoms with E-state index in [1.807, 2.05) is 6.07 Å². The van der Waals surface area contributed by atoms with Crippen LogP contribution < -0.4 is 5.32 Å². The number of hydrogen-bond acceptors (Lipinski definition) is 5. The zero-order valence-electron chi connectivity index (χ0n) is 12.2. The smallest absolute Gasteiger partial charge is 0.115 e. The average molecular weight is 279 g/mol. The van der Waals surface area contributed by atoms with E-state index in [4.69, 9.17) is 4.74 Å². The van der Waals surface area contributed by atoms with Crippen LogP contribution in [0.1, 0.15) is 38.3 Å².